The molecule has 1 aliphatic rings. The quantitative estimate of drug-likeness (QED) is 0.137. The molecule has 32 heavy (non-hydrogen) atoms. The highest BCUT2D eigenvalue weighted by molar-refractivity contribution is 6.09. The van der Waals surface area contributed by atoms with Gasteiger partial charge in [-0.2, -0.15) is 0 Å². The minimum absolute atomic E-state index is 0.0794. The number of ether oxygens (including phenoxy) is 3. The lowest BCUT2D eigenvalue weighted by atomic mass is 9.91. The molecule has 1 rings (SSSR count). The van der Waals surface area contributed by atoms with Crippen molar-refractivity contribution in [2.45, 2.75) is 77.4 Å². The molecule has 176 valence electrons. The first-order valence-corrected chi connectivity index (χ1v) is 10.9. The Bertz CT molecular complexity index is 788. The zero-order valence-electron chi connectivity index (χ0n) is 19.4. The summed E-state index contributed by atoms with van der Waals surface area (Å²) in [6.45, 7) is 4.72. The topological polar surface area (TPSA) is 96.0 Å². The number of ketones is 1. The average molecular weight is 447 g/mol. The molecule has 0 N–H and O–H groups in total. The molecule has 0 saturated heterocycles. The smallest absolute Gasteiger partial charge is 0.305 e. The SMILES string of the molecule is CCCCC/C=C\CC1(OC(C)=O)C=CC(=O)/C1=C\C=C\C(CCC(=O)OC)OC(C)=O. The zero-order chi connectivity index (χ0) is 24.0. The van der Waals surface area contributed by atoms with Gasteiger partial charge >= 0.3 is 17.9 Å². The highest BCUT2D eigenvalue weighted by Gasteiger charge is 2.41. The molecule has 0 bridgehead atoms. The Morgan fingerprint density at radius 1 is 1.12 bits per heavy atom. The Morgan fingerprint density at radius 3 is 2.50 bits per heavy atom. The normalized spacial score (nSPS) is 20.2. The summed E-state index contributed by atoms with van der Waals surface area (Å²) >= 11 is 0. The van der Waals surface area contributed by atoms with Crippen molar-refractivity contribution < 1.29 is 33.4 Å². The highest BCUT2D eigenvalue weighted by atomic mass is 16.6. The lowest BCUT2D eigenvalue weighted by Crippen LogP contribution is -2.33. The molecule has 0 aromatic heterocycles. The van der Waals surface area contributed by atoms with E-state index >= 15 is 0 Å². The molecule has 0 fully saturated rings. The van der Waals surface area contributed by atoms with Gasteiger partial charge in [-0.05, 0) is 37.5 Å². The van der Waals surface area contributed by atoms with E-state index in [1.54, 1.807) is 24.3 Å². The fourth-order valence-corrected chi connectivity index (χ4v) is 3.32. The monoisotopic (exact) mass is 446 g/mol. The third-order valence-electron chi connectivity index (χ3n) is 4.88. The summed E-state index contributed by atoms with van der Waals surface area (Å²) in [7, 11) is 1.29. The maximum absolute atomic E-state index is 12.5. The predicted molar refractivity (Wildman–Crippen MR) is 121 cm³/mol. The number of esters is 3. The van der Waals surface area contributed by atoms with Crippen molar-refractivity contribution in [2.75, 3.05) is 7.11 Å². The van der Waals surface area contributed by atoms with Crippen LogP contribution in [0.15, 0.2) is 48.1 Å². The first-order chi connectivity index (χ1) is 15.2. The number of hydrogen-bond acceptors (Lipinski definition) is 7. The van der Waals surface area contributed by atoms with E-state index in [1.807, 2.05) is 12.2 Å². The average Bonchev–Trinajstić information content (AvgIpc) is 3.03. The first kappa shape index (κ1) is 27.1. The Balaban J connectivity index is 3.02. The van der Waals surface area contributed by atoms with Gasteiger partial charge in [0, 0.05) is 32.3 Å². The van der Waals surface area contributed by atoms with Crippen molar-refractivity contribution >= 4 is 23.7 Å². The van der Waals surface area contributed by atoms with E-state index in [2.05, 4.69) is 11.7 Å². The molecule has 0 spiro atoms. The third-order valence-corrected chi connectivity index (χ3v) is 4.88. The van der Waals surface area contributed by atoms with Crippen LogP contribution in [0.3, 0.4) is 0 Å². The standard InChI is InChI=1S/C25H34O7/c1-5-6-7-8-9-10-17-25(32-20(3)27)18-16-23(28)22(25)13-11-12-21(31-19(2)26)14-15-24(29)30-4/h9-13,16,18,21H,5-8,14-15,17H2,1-4H3/b10-9-,12-11+,22-13+. The molecule has 0 aromatic rings. The number of rotatable bonds is 13. The Kier molecular flexibility index (Phi) is 12.0. The number of carbonyl (C=O) groups excluding carboxylic acids is 4. The fraction of sp³-hybridized carbons (Fsp3) is 0.520. The van der Waals surface area contributed by atoms with E-state index in [0.717, 1.165) is 25.7 Å². The Morgan fingerprint density at radius 2 is 1.88 bits per heavy atom. The summed E-state index contributed by atoms with van der Waals surface area (Å²) in [4.78, 5) is 47.0. The van der Waals surface area contributed by atoms with E-state index in [1.165, 1.54) is 27.0 Å². The van der Waals surface area contributed by atoms with Gasteiger partial charge in [0.05, 0.1) is 7.11 Å². The molecule has 0 aromatic carbocycles. The van der Waals surface area contributed by atoms with E-state index in [9.17, 15) is 19.2 Å². The van der Waals surface area contributed by atoms with Crippen LogP contribution in [0, 0.1) is 0 Å². The summed E-state index contributed by atoms with van der Waals surface area (Å²) < 4.78 is 15.4. The van der Waals surface area contributed by atoms with Crippen molar-refractivity contribution in [3.63, 3.8) is 0 Å². The number of allylic oxidation sites excluding steroid dienone is 4. The van der Waals surface area contributed by atoms with Gasteiger partial charge in [0.25, 0.3) is 0 Å². The summed E-state index contributed by atoms with van der Waals surface area (Å²) in [5.41, 5.74) is -0.853. The summed E-state index contributed by atoms with van der Waals surface area (Å²) in [5, 5.41) is 0. The Hall–Kier alpha value is -2.96. The molecular weight excluding hydrogens is 412 g/mol. The van der Waals surface area contributed by atoms with E-state index in [0.29, 0.717) is 12.0 Å². The minimum atomic E-state index is -1.17. The van der Waals surface area contributed by atoms with Crippen molar-refractivity contribution in [3.8, 4) is 0 Å². The molecule has 0 saturated carbocycles. The van der Waals surface area contributed by atoms with E-state index < -0.39 is 29.6 Å². The summed E-state index contributed by atoms with van der Waals surface area (Å²) in [6, 6.07) is 0. The molecule has 0 amide bonds. The molecule has 0 aliphatic heterocycles. The number of hydrogen-bond donors (Lipinski definition) is 0. The second-order valence-corrected chi connectivity index (χ2v) is 7.58. The Labute approximate surface area is 190 Å². The van der Waals surface area contributed by atoms with Gasteiger partial charge in [0.15, 0.2) is 11.4 Å². The van der Waals surface area contributed by atoms with E-state index in [-0.39, 0.29) is 18.6 Å². The molecule has 2 unspecified atom stereocenters. The van der Waals surface area contributed by atoms with Crippen molar-refractivity contribution in [1.29, 1.82) is 0 Å². The van der Waals surface area contributed by atoms with Crippen LogP contribution in [-0.4, -0.2) is 42.5 Å². The maximum atomic E-state index is 12.5. The van der Waals surface area contributed by atoms with Crippen LogP contribution in [0.2, 0.25) is 0 Å². The minimum Gasteiger partial charge on any atom is -0.469 e. The van der Waals surface area contributed by atoms with Crippen molar-refractivity contribution in [3.05, 3.63) is 48.1 Å². The van der Waals surface area contributed by atoms with Gasteiger partial charge in [0.2, 0.25) is 0 Å². The van der Waals surface area contributed by atoms with E-state index in [4.69, 9.17) is 9.47 Å². The number of methoxy groups -OCH3 is 1. The third kappa shape index (κ3) is 9.45. The number of carbonyl (C=O) groups is 4. The molecule has 1 aliphatic carbocycles. The molecule has 7 nitrogen and oxygen atoms in total. The van der Waals surface area contributed by atoms with Crippen molar-refractivity contribution in [2.24, 2.45) is 0 Å². The zero-order valence-corrected chi connectivity index (χ0v) is 19.4. The molecule has 0 heterocycles. The van der Waals surface area contributed by atoms with Gasteiger partial charge in [0.1, 0.15) is 6.10 Å². The lowest BCUT2D eigenvalue weighted by molar-refractivity contribution is -0.149. The maximum Gasteiger partial charge on any atom is 0.305 e. The summed E-state index contributed by atoms with van der Waals surface area (Å²) in [5.74, 6) is -1.65. The van der Waals surface area contributed by atoms with Crippen LogP contribution in [0.25, 0.3) is 0 Å². The second kappa shape index (κ2) is 14.2. The summed E-state index contributed by atoms with van der Waals surface area (Å²) in [6.07, 6.45) is 16.0. The lowest BCUT2D eigenvalue weighted by Gasteiger charge is -2.27. The van der Waals surface area contributed by atoms with Crippen LogP contribution < -0.4 is 0 Å². The van der Waals surface area contributed by atoms with Gasteiger partial charge in [-0.3, -0.25) is 19.2 Å². The van der Waals surface area contributed by atoms with Crippen LogP contribution in [0.4, 0.5) is 0 Å². The predicted octanol–water partition coefficient (Wildman–Crippen LogP) is 4.32. The van der Waals surface area contributed by atoms with Gasteiger partial charge < -0.3 is 14.2 Å². The number of unbranched alkanes of at least 4 members (excludes halogenated alkanes) is 3. The van der Waals surface area contributed by atoms with Crippen LogP contribution >= 0.6 is 0 Å². The van der Waals surface area contributed by atoms with Gasteiger partial charge in [-0.15, -0.1) is 0 Å². The molecule has 0 radical (unpaired) electrons. The molecule has 2 atom stereocenters. The van der Waals surface area contributed by atoms with Crippen LogP contribution in [-0.2, 0) is 33.4 Å². The first-order valence-electron chi connectivity index (χ1n) is 10.9. The van der Waals surface area contributed by atoms with Gasteiger partial charge in [-0.1, -0.05) is 44.1 Å². The highest BCUT2D eigenvalue weighted by Crippen LogP contribution is 2.34. The largest absolute Gasteiger partial charge is 0.469 e. The molecule has 7 heteroatoms. The van der Waals surface area contributed by atoms with Crippen LogP contribution in [0.1, 0.15) is 65.7 Å². The van der Waals surface area contributed by atoms with Gasteiger partial charge in [-0.25, -0.2) is 0 Å². The second-order valence-electron chi connectivity index (χ2n) is 7.58. The molecular formula is C25H34O7. The van der Waals surface area contributed by atoms with Crippen LogP contribution in [0.5, 0.6) is 0 Å². The fourth-order valence-electron chi connectivity index (χ4n) is 3.32. The van der Waals surface area contributed by atoms with Crippen molar-refractivity contribution in [1.82, 2.24) is 0 Å².